The summed E-state index contributed by atoms with van der Waals surface area (Å²) >= 11 is 0. The number of anilines is 1. The van der Waals surface area contributed by atoms with E-state index in [1.165, 1.54) is 6.33 Å². The Morgan fingerprint density at radius 3 is 3.12 bits per heavy atom. The Hall–Kier alpha value is -2.37. The third kappa shape index (κ3) is 1.73. The summed E-state index contributed by atoms with van der Waals surface area (Å²) in [6.07, 6.45) is 4.77. The average Bonchev–Trinajstić information content (AvgIpc) is 2.95. The van der Waals surface area contributed by atoms with Gasteiger partial charge in [-0.3, -0.25) is 0 Å². The second-order valence-corrected chi connectivity index (χ2v) is 3.70. The zero-order chi connectivity index (χ0) is 11.7. The number of fused-ring (bicyclic) bond motifs is 1. The monoisotopic (exact) mass is 229 g/mol. The molecule has 0 aliphatic rings. The molecule has 0 fully saturated rings. The largest absolute Gasteiger partial charge is 0.467 e. The first-order valence-corrected chi connectivity index (χ1v) is 5.25. The van der Waals surface area contributed by atoms with Gasteiger partial charge >= 0.3 is 0 Å². The maximum absolute atomic E-state index is 5.35. The molecule has 0 atom stereocenters. The molecule has 17 heavy (non-hydrogen) atoms. The van der Waals surface area contributed by atoms with E-state index in [0.29, 0.717) is 12.4 Å². The van der Waals surface area contributed by atoms with Crippen molar-refractivity contribution in [3.8, 4) is 0 Å². The summed E-state index contributed by atoms with van der Waals surface area (Å²) in [6, 6.07) is 1.93. The Morgan fingerprint density at radius 1 is 1.35 bits per heavy atom. The lowest BCUT2D eigenvalue weighted by Gasteiger charge is -2.04. The van der Waals surface area contributed by atoms with Crippen LogP contribution >= 0.6 is 0 Å². The average molecular weight is 229 g/mol. The fourth-order valence-electron chi connectivity index (χ4n) is 1.64. The van der Waals surface area contributed by atoms with E-state index >= 15 is 0 Å². The Labute approximate surface area is 97.1 Å². The first-order chi connectivity index (χ1) is 8.34. The summed E-state index contributed by atoms with van der Waals surface area (Å²) in [5.74, 6) is 1.60. The molecule has 0 amide bonds. The molecule has 3 aromatic heterocycles. The van der Waals surface area contributed by atoms with Crippen LogP contribution in [-0.4, -0.2) is 19.9 Å². The van der Waals surface area contributed by atoms with Crippen LogP contribution in [0.15, 0.2) is 29.4 Å². The first kappa shape index (κ1) is 9.83. The van der Waals surface area contributed by atoms with E-state index in [1.807, 2.05) is 13.0 Å². The van der Waals surface area contributed by atoms with Gasteiger partial charge < -0.3 is 14.7 Å². The standard InChI is InChI=1S/C11H11N5O/c1-7-2-3-17-8(7)4-12-10-9-11(14-5-13-9)16-6-15-10/h2-3,5-6H,4H2,1H3,(H2,12,13,14,15,16). The second kappa shape index (κ2) is 3.89. The molecule has 3 aromatic rings. The molecule has 6 nitrogen and oxygen atoms in total. The van der Waals surface area contributed by atoms with Crippen molar-refractivity contribution in [2.45, 2.75) is 13.5 Å². The number of furan rings is 1. The molecular formula is C11H11N5O. The fraction of sp³-hybridized carbons (Fsp3) is 0.182. The SMILES string of the molecule is Cc1ccoc1CNc1ncnc2[nH]cnc12. The van der Waals surface area contributed by atoms with E-state index < -0.39 is 0 Å². The Kier molecular flexibility index (Phi) is 2.25. The molecule has 0 saturated heterocycles. The molecule has 0 unspecified atom stereocenters. The molecule has 0 saturated carbocycles. The molecule has 0 spiro atoms. The van der Waals surface area contributed by atoms with E-state index in [2.05, 4.69) is 25.3 Å². The van der Waals surface area contributed by atoms with Crippen molar-refractivity contribution in [3.05, 3.63) is 36.3 Å². The summed E-state index contributed by atoms with van der Waals surface area (Å²) in [7, 11) is 0. The quantitative estimate of drug-likeness (QED) is 0.716. The molecule has 0 aromatic carbocycles. The Bertz CT molecular complexity index is 642. The minimum atomic E-state index is 0.581. The first-order valence-electron chi connectivity index (χ1n) is 5.25. The topological polar surface area (TPSA) is 79.6 Å². The van der Waals surface area contributed by atoms with Gasteiger partial charge in [0.1, 0.15) is 17.6 Å². The zero-order valence-corrected chi connectivity index (χ0v) is 9.27. The summed E-state index contributed by atoms with van der Waals surface area (Å²) in [4.78, 5) is 15.3. The van der Waals surface area contributed by atoms with Gasteiger partial charge in [0.15, 0.2) is 11.5 Å². The summed E-state index contributed by atoms with van der Waals surface area (Å²) in [6.45, 7) is 2.59. The van der Waals surface area contributed by atoms with Crippen LogP contribution in [0.5, 0.6) is 0 Å². The number of hydrogen-bond donors (Lipinski definition) is 2. The van der Waals surface area contributed by atoms with Gasteiger partial charge in [0.25, 0.3) is 0 Å². The van der Waals surface area contributed by atoms with Crippen molar-refractivity contribution < 1.29 is 4.42 Å². The van der Waals surface area contributed by atoms with Crippen molar-refractivity contribution >= 4 is 17.0 Å². The highest BCUT2D eigenvalue weighted by atomic mass is 16.3. The molecule has 3 rings (SSSR count). The highest BCUT2D eigenvalue weighted by Crippen LogP contribution is 2.16. The molecule has 0 aliphatic heterocycles. The maximum atomic E-state index is 5.35. The van der Waals surface area contributed by atoms with Crippen LogP contribution < -0.4 is 5.32 Å². The molecule has 0 bridgehead atoms. The van der Waals surface area contributed by atoms with Gasteiger partial charge in [0.05, 0.1) is 19.1 Å². The van der Waals surface area contributed by atoms with Gasteiger partial charge in [-0.05, 0) is 18.6 Å². The highest BCUT2D eigenvalue weighted by molar-refractivity contribution is 5.81. The van der Waals surface area contributed by atoms with Crippen LogP contribution in [0.4, 0.5) is 5.82 Å². The number of aryl methyl sites for hydroxylation is 1. The molecule has 6 heteroatoms. The van der Waals surface area contributed by atoms with Crippen molar-refractivity contribution in [2.75, 3.05) is 5.32 Å². The zero-order valence-electron chi connectivity index (χ0n) is 9.27. The number of imidazole rings is 1. The summed E-state index contributed by atoms with van der Waals surface area (Å²) in [5.41, 5.74) is 2.57. The van der Waals surface area contributed by atoms with E-state index in [9.17, 15) is 0 Å². The number of aromatic amines is 1. The fourth-order valence-corrected chi connectivity index (χ4v) is 1.64. The highest BCUT2D eigenvalue weighted by Gasteiger charge is 2.07. The van der Waals surface area contributed by atoms with Gasteiger partial charge in [-0.15, -0.1) is 0 Å². The molecule has 0 aliphatic carbocycles. The number of H-pyrrole nitrogens is 1. The predicted molar refractivity (Wildman–Crippen MR) is 62.5 cm³/mol. The van der Waals surface area contributed by atoms with Crippen LogP contribution in [0, 0.1) is 6.92 Å². The third-order valence-electron chi connectivity index (χ3n) is 2.60. The number of hydrogen-bond acceptors (Lipinski definition) is 5. The van der Waals surface area contributed by atoms with E-state index in [4.69, 9.17) is 4.42 Å². The van der Waals surface area contributed by atoms with Gasteiger partial charge in [-0.25, -0.2) is 15.0 Å². The van der Waals surface area contributed by atoms with Crippen LogP contribution in [-0.2, 0) is 6.54 Å². The summed E-state index contributed by atoms with van der Waals surface area (Å²) < 4.78 is 5.35. The summed E-state index contributed by atoms with van der Waals surface area (Å²) in [5, 5.41) is 3.19. The maximum Gasteiger partial charge on any atom is 0.162 e. The number of aromatic nitrogens is 4. The second-order valence-electron chi connectivity index (χ2n) is 3.70. The van der Waals surface area contributed by atoms with Crippen molar-refractivity contribution in [3.63, 3.8) is 0 Å². The number of rotatable bonds is 3. The lowest BCUT2D eigenvalue weighted by atomic mass is 10.3. The number of nitrogens with zero attached hydrogens (tertiary/aromatic N) is 3. The Balaban J connectivity index is 1.86. The molecule has 2 N–H and O–H groups in total. The van der Waals surface area contributed by atoms with Crippen LogP contribution in [0.1, 0.15) is 11.3 Å². The lowest BCUT2D eigenvalue weighted by Crippen LogP contribution is -2.02. The van der Waals surface area contributed by atoms with Crippen molar-refractivity contribution in [1.29, 1.82) is 0 Å². The minimum Gasteiger partial charge on any atom is -0.467 e. The van der Waals surface area contributed by atoms with E-state index in [1.54, 1.807) is 12.6 Å². The van der Waals surface area contributed by atoms with Crippen molar-refractivity contribution in [2.24, 2.45) is 0 Å². The number of nitrogens with one attached hydrogen (secondary N) is 2. The third-order valence-corrected chi connectivity index (χ3v) is 2.60. The van der Waals surface area contributed by atoms with Gasteiger partial charge in [-0.1, -0.05) is 0 Å². The van der Waals surface area contributed by atoms with E-state index in [-0.39, 0.29) is 0 Å². The van der Waals surface area contributed by atoms with Crippen LogP contribution in [0.25, 0.3) is 11.2 Å². The normalized spacial score (nSPS) is 10.9. The smallest absolute Gasteiger partial charge is 0.162 e. The predicted octanol–water partition coefficient (Wildman–Crippen LogP) is 1.87. The van der Waals surface area contributed by atoms with Crippen LogP contribution in [0.2, 0.25) is 0 Å². The van der Waals surface area contributed by atoms with Crippen LogP contribution in [0.3, 0.4) is 0 Å². The Morgan fingerprint density at radius 2 is 2.29 bits per heavy atom. The van der Waals surface area contributed by atoms with Gasteiger partial charge in [0.2, 0.25) is 0 Å². The molecule has 3 heterocycles. The van der Waals surface area contributed by atoms with Gasteiger partial charge in [-0.2, -0.15) is 0 Å². The minimum absolute atomic E-state index is 0.581. The molecule has 86 valence electrons. The molecule has 0 radical (unpaired) electrons. The van der Waals surface area contributed by atoms with Gasteiger partial charge in [0, 0.05) is 0 Å². The van der Waals surface area contributed by atoms with Crippen molar-refractivity contribution in [1.82, 2.24) is 19.9 Å². The lowest BCUT2D eigenvalue weighted by molar-refractivity contribution is 0.515. The van der Waals surface area contributed by atoms with E-state index in [0.717, 1.165) is 22.5 Å². The molecular weight excluding hydrogens is 218 g/mol.